The Morgan fingerprint density at radius 3 is 2.10 bits per heavy atom. The van der Waals surface area contributed by atoms with E-state index in [4.69, 9.17) is 9.47 Å². The van der Waals surface area contributed by atoms with Gasteiger partial charge in [-0.15, -0.1) is 0 Å². The molecule has 0 aliphatic rings. The first-order valence-corrected chi connectivity index (χ1v) is 7.55. The Hall–Kier alpha value is -1.32. The number of carbonyl (C=O) groups is 2. The quantitative estimate of drug-likeness (QED) is 0.349. The van der Waals surface area contributed by atoms with Crippen molar-refractivity contribution >= 4 is 11.9 Å². The predicted octanol–water partition coefficient (Wildman–Crippen LogP) is 3.65. The first-order valence-electron chi connectivity index (χ1n) is 7.55. The molecule has 0 aliphatic carbocycles. The van der Waals surface area contributed by atoms with Crippen molar-refractivity contribution in [3.63, 3.8) is 0 Å². The summed E-state index contributed by atoms with van der Waals surface area (Å²) in [5, 5.41) is 0. The van der Waals surface area contributed by atoms with Crippen LogP contribution in [0.3, 0.4) is 0 Å². The van der Waals surface area contributed by atoms with Gasteiger partial charge < -0.3 is 9.47 Å². The minimum absolute atomic E-state index is 0.178. The summed E-state index contributed by atoms with van der Waals surface area (Å²) in [5.74, 6) is -0.760. The molecule has 0 aromatic rings. The van der Waals surface area contributed by atoms with Gasteiger partial charge in [0, 0.05) is 5.57 Å². The fraction of sp³-hybridized carbons (Fsp3) is 0.750. The number of allylic oxidation sites excluding steroid dienone is 1. The monoisotopic (exact) mass is 284 g/mol. The van der Waals surface area contributed by atoms with E-state index >= 15 is 0 Å². The van der Waals surface area contributed by atoms with E-state index in [0.717, 1.165) is 25.7 Å². The van der Waals surface area contributed by atoms with E-state index in [-0.39, 0.29) is 24.3 Å². The molecule has 1 atom stereocenters. The van der Waals surface area contributed by atoms with Gasteiger partial charge in [-0.2, -0.15) is 0 Å². The Balaban J connectivity index is 4.23. The Kier molecular flexibility index (Phi) is 10.7. The van der Waals surface area contributed by atoms with Crippen LogP contribution in [-0.2, 0) is 19.1 Å². The molecule has 0 amide bonds. The van der Waals surface area contributed by atoms with Crippen LogP contribution in [0.4, 0.5) is 0 Å². The maximum Gasteiger partial charge on any atom is 0.333 e. The molecule has 4 nitrogen and oxygen atoms in total. The van der Waals surface area contributed by atoms with Gasteiger partial charge in [-0.05, 0) is 25.7 Å². The number of hydrogen-bond acceptors (Lipinski definition) is 4. The van der Waals surface area contributed by atoms with Gasteiger partial charge in [-0.25, -0.2) is 4.79 Å². The third-order valence-electron chi connectivity index (χ3n) is 3.04. The van der Waals surface area contributed by atoms with Gasteiger partial charge in [-0.3, -0.25) is 4.79 Å². The number of unbranched alkanes of at least 4 members (excludes halogenated alkanes) is 2. The fourth-order valence-corrected chi connectivity index (χ4v) is 1.75. The lowest BCUT2D eigenvalue weighted by atomic mass is 9.97. The van der Waals surface area contributed by atoms with Crippen LogP contribution >= 0.6 is 0 Å². The van der Waals surface area contributed by atoms with Crippen LogP contribution in [0.2, 0.25) is 0 Å². The second-order valence-corrected chi connectivity index (χ2v) is 4.91. The molecule has 4 heteroatoms. The normalized spacial score (nSPS) is 12.9. The summed E-state index contributed by atoms with van der Waals surface area (Å²) in [4.78, 5) is 23.5. The van der Waals surface area contributed by atoms with E-state index in [9.17, 15) is 9.59 Å². The Morgan fingerprint density at radius 1 is 1.05 bits per heavy atom. The van der Waals surface area contributed by atoms with Crippen molar-refractivity contribution in [3.8, 4) is 0 Å². The van der Waals surface area contributed by atoms with Crippen molar-refractivity contribution in [1.82, 2.24) is 0 Å². The van der Waals surface area contributed by atoms with Gasteiger partial charge >= 0.3 is 11.9 Å². The number of carbonyl (C=O) groups excluding carboxylic acids is 2. The summed E-state index contributed by atoms with van der Waals surface area (Å²) in [6.45, 7) is 8.60. The van der Waals surface area contributed by atoms with Crippen molar-refractivity contribution in [2.45, 2.75) is 59.8 Å². The highest BCUT2D eigenvalue weighted by atomic mass is 16.5. The van der Waals surface area contributed by atoms with Crippen LogP contribution in [0.1, 0.15) is 59.8 Å². The zero-order valence-electron chi connectivity index (χ0n) is 13.2. The average Bonchev–Trinajstić information content (AvgIpc) is 2.40. The van der Waals surface area contributed by atoms with Crippen LogP contribution in [0, 0.1) is 5.92 Å². The minimum Gasteiger partial charge on any atom is -0.466 e. The lowest BCUT2D eigenvalue weighted by Crippen LogP contribution is -2.18. The van der Waals surface area contributed by atoms with Gasteiger partial charge in [0.25, 0.3) is 0 Å². The molecule has 0 saturated carbocycles. The first-order chi connectivity index (χ1) is 9.56. The highest BCUT2D eigenvalue weighted by Crippen LogP contribution is 2.17. The summed E-state index contributed by atoms with van der Waals surface area (Å²) >= 11 is 0. The molecule has 0 spiro atoms. The summed E-state index contributed by atoms with van der Waals surface area (Å²) in [7, 11) is 0. The van der Waals surface area contributed by atoms with Crippen molar-refractivity contribution in [1.29, 1.82) is 0 Å². The average molecular weight is 284 g/mol. The molecule has 20 heavy (non-hydrogen) atoms. The SMILES string of the molecule is C/C=C(\C(=O)OCCCC)C(C)CC(=O)OCCCC. The number of ether oxygens (including phenoxy) is 2. The highest BCUT2D eigenvalue weighted by molar-refractivity contribution is 5.89. The van der Waals surface area contributed by atoms with E-state index in [1.165, 1.54) is 0 Å². The van der Waals surface area contributed by atoms with Crippen molar-refractivity contribution in [3.05, 3.63) is 11.6 Å². The largest absolute Gasteiger partial charge is 0.466 e. The smallest absolute Gasteiger partial charge is 0.333 e. The molecule has 0 bridgehead atoms. The molecule has 0 N–H and O–H groups in total. The molecular formula is C16H28O4. The molecule has 116 valence electrons. The van der Waals surface area contributed by atoms with Gasteiger partial charge in [0.2, 0.25) is 0 Å². The molecule has 0 saturated heterocycles. The summed E-state index contributed by atoms with van der Waals surface area (Å²) < 4.78 is 10.3. The number of esters is 2. The van der Waals surface area contributed by atoms with Crippen LogP contribution in [0.5, 0.6) is 0 Å². The van der Waals surface area contributed by atoms with Crippen molar-refractivity contribution in [2.24, 2.45) is 5.92 Å². The van der Waals surface area contributed by atoms with E-state index in [2.05, 4.69) is 0 Å². The Morgan fingerprint density at radius 2 is 1.60 bits per heavy atom. The van der Waals surface area contributed by atoms with Crippen LogP contribution < -0.4 is 0 Å². The fourth-order valence-electron chi connectivity index (χ4n) is 1.75. The summed E-state index contributed by atoms with van der Waals surface area (Å²) in [5.41, 5.74) is 0.550. The Bertz CT molecular complexity index is 320. The summed E-state index contributed by atoms with van der Waals surface area (Å²) in [6.07, 6.45) is 5.64. The third-order valence-corrected chi connectivity index (χ3v) is 3.04. The first kappa shape index (κ1) is 18.7. The zero-order valence-corrected chi connectivity index (χ0v) is 13.2. The van der Waals surface area contributed by atoms with Crippen molar-refractivity contribution < 1.29 is 19.1 Å². The van der Waals surface area contributed by atoms with Crippen molar-refractivity contribution in [2.75, 3.05) is 13.2 Å². The maximum absolute atomic E-state index is 11.9. The lowest BCUT2D eigenvalue weighted by molar-refractivity contribution is -0.144. The van der Waals surface area contributed by atoms with E-state index in [0.29, 0.717) is 18.8 Å². The second kappa shape index (κ2) is 11.5. The van der Waals surface area contributed by atoms with Gasteiger partial charge in [0.05, 0.1) is 19.6 Å². The molecule has 0 aliphatic heterocycles. The molecular weight excluding hydrogens is 256 g/mol. The molecule has 0 fully saturated rings. The molecule has 0 aromatic carbocycles. The minimum atomic E-state index is -0.324. The maximum atomic E-state index is 11.9. The van der Waals surface area contributed by atoms with E-state index in [1.807, 2.05) is 20.8 Å². The van der Waals surface area contributed by atoms with Crippen LogP contribution in [0.25, 0.3) is 0 Å². The predicted molar refractivity (Wildman–Crippen MR) is 79.3 cm³/mol. The van der Waals surface area contributed by atoms with Gasteiger partial charge in [0.1, 0.15) is 0 Å². The topological polar surface area (TPSA) is 52.6 Å². The molecule has 0 heterocycles. The zero-order chi connectivity index (χ0) is 15.4. The molecule has 0 radical (unpaired) electrons. The second-order valence-electron chi connectivity index (χ2n) is 4.91. The highest BCUT2D eigenvalue weighted by Gasteiger charge is 2.20. The molecule has 1 unspecified atom stereocenters. The standard InChI is InChI=1S/C16H28O4/c1-5-8-10-19-15(17)12-13(4)14(7-3)16(18)20-11-9-6-2/h7,13H,5-6,8-12H2,1-4H3/b14-7-. The number of hydrogen-bond donors (Lipinski definition) is 0. The summed E-state index contributed by atoms with van der Waals surface area (Å²) in [6, 6.07) is 0. The van der Waals surface area contributed by atoms with Gasteiger partial charge in [-0.1, -0.05) is 39.7 Å². The molecule has 0 rings (SSSR count). The van der Waals surface area contributed by atoms with E-state index < -0.39 is 0 Å². The molecule has 0 aromatic heterocycles. The Labute approximate surface area is 122 Å². The van der Waals surface area contributed by atoms with Crippen LogP contribution in [-0.4, -0.2) is 25.2 Å². The number of rotatable bonds is 10. The van der Waals surface area contributed by atoms with Gasteiger partial charge in [0.15, 0.2) is 0 Å². The lowest BCUT2D eigenvalue weighted by Gasteiger charge is -2.14. The van der Waals surface area contributed by atoms with Crippen LogP contribution in [0.15, 0.2) is 11.6 Å². The third kappa shape index (κ3) is 7.97. The van der Waals surface area contributed by atoms with E-state index in [1.54, 1.807) is 13.0 Å².